The number of nitrogens with zero attached hydrogens (tertiary/aromatic N) is 2. The molecule has 2 fully saturated rings. The Morgan fingerprint density at radius 1 is 0.947 bits per heavy atom. The van der Waals surface area contributed by atoms with Gasteiger partial charge in [-0.1, -0.05) is 0 Å². The van der Waals surface area contributed by atoms with Gasteiger partial charge in [0.05, 0.1) is 0 Å². The Balaban J connectivity index is 2.22. The number of hydrogen-bond donors (Lipinski definition) is 0. The molecule has 2 aliphatic rings. The molecule has 2 nitrogen and oxygen atoms in total. The standard InChI is InChI=1S/C12H20BN2.3CH3.Sn/c1-11-6-4-5-7-12(11)10-13-14(2)8-9-15(13)3;;;;/h1,10H,4-9H2,2-3H3;3*1H3;/b11-1?,12-10-;;;;. The van der Waals surface area contributed by atoms with E-state index in [9.17, 15) is 0 Å². The van der Waals surface area contributed by atoms with Gasteiger partial charge < -0.3 is 0 Å². The van der Waals surface area contributed by atoms with Crippen LogP contribution >= 0.6 is 0 Å². The molecule has 0 aromatic rings. The summed E-state index contributed by atoms with van der Waals surface area (Å²) in [7, 11) is 4.50. The number of rotatable bonds is 2. The molecule has 0 N–H and O–H groups in total. The van der Waals surface area contributed by atoms with Crippen LogP contribution in [-0.2, 0) is 0 Å². The van der Waals surface area contributed by atoms with Gasteiger partial charge in [0.15, 0.2) is 0 Å². The van der Waals surface area contributed by atoms with Gasteiger partial charge in [-0.3, -0.25) is 0 Å². The van der Waals surface area contributed by atoms with Gasteiger partial charge in [0, 0.05) is 0 Å². The molecule has 0 aromatic heterocycles. The van der Waals surface area contributed by atoms with Crippen molar-refractivity contribution < 1.29 is 0 Å². The zero-order valence-electron chi connectivity index (χ0n) is 13.4. The molecule has 0 bridgehead atoms. The minimum atomic E-state index is -1.82. The predicted molar refractivity (Wildman–Crippen MR) is 89.0 cm³/mol. The Labute approximate surface area is 123 Å². The summed E-state index contributed by atoms with van der Waals surface area (Å²) in [5.74, 6) is 2.55. The zero-order chi connectivity index (χ0) is 14.0. The van der Waals surface area contributed by atoms with Crippen molar-refractivity contribution in [2.24, 2.45) is 0 Å². The Hall–Kier alpha value is 0.264. The maximum absolute atomic E-state index is 2.70. The Morgan fingerprint density at radius 2 is 1.47 bits per heavy atom. The van der Waals surface area contributed by atoms with E-state index in [1.807, 2.05) is 0 Å². The first-order chi connectivity index (χ1) is 8.87. The first-order valence-electron chi connectivity index (χ1n) is 7.70. The van der Waals surface area contributed by atoms with Crippen LogP contribution in [0.5, 0.6) is 0 Å². The number of allylic oxidation sites excluding steroid dienone is 2. The van der Waals surface area contributed by atoms with Gasteiger partial charge in [-0.05, 0) is 0 Å². The first kappa shape index (κ1) is 15.6. The molecule has 2 rings (SSSR count). The second-order valence-corrected chi connectivity index (χ2v) is 21.6. The van der Waals surface area contributed by atoms with Gasteiger partial charge >= 0.3 is 124 Å². The van der Waals surface area contributed by atoms with Crippen molar-refractivity contribution in [3.05, 3.63) is 21.2 Å². The molecule has 1 aliphatic carbocycles. The molecular weight excluding hydrogens is 338 g/mol. The summed E-state index contributed by atoms with van der Waals surface area (Å²) in [5.41, 5.74) is 3.35. The van der Waals surface area contributed by atoms with Crippen LogP contribution in [0.3, 0.4) is 0 Å². The van der Waals surface area contributed by atoms with Crippen LogP contribution in [0.25, 0.3) is 0 Å². The second-order valence-electron chi connectivity index (χ2n) is 7.31. The molecule has 0 atom stereocenters. The van der Waals surface area contributed by atoms with E-state index in [1.165, 1.54) is 38.8 Å². The van der Waals surface area contributed by atoms with Crippen LogP contribution in [0.1, 0.15) is 25.7 Å². The summed E-state index contributed by atoms with van der Waals surface area (Å²) in [4.78, 5) is 12.5. The molecular formula is C15H29BN2Sn. The van der Waals surface area contributed by atoms with Crippen molar-refractivity contribution in [1.29, 1.82) is 0 Å². The minimum absolute atomic E-state index is 0.520. The van der Waals surface area contributed by atoms with Crippen molar-refractivity contribution in [3.8, 4) is 0 Å². The van der Waals surface area contributed by atoms with Gasteiger partial charge in [-0.25, -0.2) is 0 Å². The zero-order valence-corrected chi connectivity index (χ0v) is 16.2. The summed E-state index contributed by atoms with van der Waals surface area (Å²) in [6, 6.07) is 0. The van der Waals surface area contributed by atoms with Crippen molar-refractivity contribution in [1.82, 2.24) is 9.62 Å². The summed E-state index contributed by atoms with van der Waals surface area (Å²) < 4.78 is 2.70. The monoisotopic (exact) mass is 368 g/mol. The van der Waals surface area contributed by atoms with E-state index in [-0.39, 0.29) is 0 Å². The summed E-state index contributed by atoms with van der Waals surface area (Å²) >= 11 is -1.82. The predicted octanol–water partition coefficient (Wildman–Crippen LogP) is 3.20. The van der Waals surface area contributed by atoms with Crippen LogP contribution in [0.15, 0.2) is 21.2 Å². The van der Waals surface area contributed by atoms with E-state index in [4.69, 9.17) is 0 Å². The Bertz CT molecular complexity index is 374. The van der Waals surface area contributed by atoms with Gasteiger partial charge in [-0.15, -0.1) is 0 Å². The van der Waals surface area contributed by atoms with E-state index >= 15 is 0 Å². The molecule has 0 unspecified atom stereocenters. The van der Waals surface area contributed by atoms with Crippen molar-refractivity contribution in [3.63, 3.8) is 0 Å². The van der Waals surface area contributed by atoms with Crippen LogP contribution in [-0.4, -0.2) is 62.2 Å². The third kappa shape index (κ3) is 4.37. The van der Waals surface area contributed by atoms with Crippen molar-refractivity contribution in [2.75, 3.05) is 27.2 Å². The summed E-state index contributed by atoms with van der Waals surface area (Å²) in [6.07, 6.45) is 5.39. The van der Waals surface area contributed by atoms with E-state index in [0.717, 1.165) is 0 Å². The fraction of sp³-hybridized carbons (Fsp3) is 0.733. The molecule has 19 heavy (non-hydrogen) atoms. The SMILES string of the molecule is CN1CCN(C)B1/C=C1/CCCC/C1=[CH]/[Sn]([CH3])([CH3])[CH3]. The number of hydrogen-bond acceptors (Lipinski definition) is 2. The topological polar surface area (TPSA) is 6.48 Å². The van der Waals surface area contributed by atoms with E-state index in [2.05, 4.69) is 48.6 Å². The average molecular weight is 367 g/mol. The molecule has 0 aromatic carbocycles. The summed E-state index contributed by atoms with van der Waals surface area (Å²) in [6.45, 7) is 2.91. The van der Waals surface area contributed by atoms with Gasteiger partial charge in [0.2, 0.25) is 0 Å². The fourth-order valence-corrected chi connectivity index (χ4v) is 7.11. The normalized spacial score (nSPS) is 27.7. The molecule has 1 heterocycles. The molecule has 1 aliphatic heterocycles. The van der Waals surface area contributed by atoms with Gasteiger partial charge in [-0.2, -0.15) is 0 Å². The van der Waals surface area contributed by atoms with Gasteiger partial charge in [0.1, 0.15) is 0 Å². The molecule has 4 heteroatoms. The third-order valence-corrected chi connectivity index (χ3v) is 7.69. The molecule has 1 saturated carbocycles. The summed E-state index contributed by atoms with van der Waals surface area (Å²) in [5, 5.41) is 0. The Morgan fingerprint density at radius 3 is 2.00 bits per heavy atom. The molecule has 1 saturated heterocycles. The van der Waals surface area contributed by atoms with E-state index in [1.54, 1.807) is 11.1 Å². The van der Waals surface area contributed by atoms with Crippen molar-refractivity contribution in [2.45, 2.75) is 40.5 Å². The van der Waals surface area contributed by atoms with Crippen LogP contribution in [0, 0.1) is 0 Å². The van der Waals surface area contributed by atoms with Crippen LogP contribution < -0.4 is 0 Å². The number of likely N-dealkylation sites (N-methyl/N-ethyl adjacent to an activating group) is 2. The Kier molecular flexibility index (Phi) is 5.24. The average Bonchev–Trinajstić information content (AvgIpc) is 2.61. The fourth-order valence-electron chi connectivity index (χ4n) is 3.18. The van der Waals surface area contributed by atoms with Gasteiger partial charge in [0.25, 0.3) is 0 Å². The quantitative estimate of drug-likeness (QED) is 0.692. The first-order valence-corrected chi connectivity index (χ1v) is 17.9. The second kappa shape index (κ2) is 6.36. The third-order valence-electron chi connectivity index (χ3n) is 4.22. The molecule has 0 spiro atoms. The van der Waals surface area contributed by atoms with Crippen LogP contribution in [0.4, 0.5) is 0 Å². The molecule has 106 valence electrons. The van der Waals surface area contributed by atoms with E-state index in [0.29, 0.717) is 6.98 Å². The maximum atomic E-state index is 2.70. The van der Waals surface area contributed by atoms with Crippen LogP contribution in [0.2, 0.25) is 14.8 Å². The van der Waals surface area contributed by atoms with Crippen molar-refractivity contribution >= 4 is 25.4 Å². The van der Waals surface area contributed by atoms with E-state index < -0.39 is 18.4 Å². The molecule has 0 radical (unpaired) electrons. The molecule has 0 amide bonds.